The first kappa shape index (κ1) is 8.71. The molecule has 0 radical (unpaired) electrons. The van der Waals surface area contributed by atoms with Crippen molar-refractivity contribution in [1.82, 2.24) is 14.6 Å². The Balaban J connectivity index is 2.05. The first-order valence-electron chi connectivity index (χ1n) is 5.44. The van der Waals surface area contributed by atoms with E-state index in [0.29, 0.717) is 11.7 Å². The molecule has 3 rings (SSSR count). The number of fused-ring (bicyclic) bond motifs is 1. The Bertz CT molecular complexity index is 482. The molecule has 0 amide bonds. The van der Waals surface area contributed by atoms with Crippen LogP contribution in [0.2, 0.25) is 0 Å². The first-order valence-corrected chi connectivity index (χ1v) is 5.44. The van der Waals surface area contributed by atoms with E-state index < -0.39 is 0 Å². The van der Waals surface area contributed by atoms with Crippen LogP contribution >= 0.6 is 0 Å². The van der Waals surface area contributed by atoms with Crippen molar-refractivity contribution in [2.45, 2.75) is 31.6 Å². The van der Waals surface area contributed by atoms with Gasteiger partial charge in [-0.05, 0) is 25.0 Å². The monoisotopic (exact) mass is 202 g/mol. The molecule has 1 aliphatic rings. The predicted octanol–water partition coefficient (Wildman–Crippen LogP) is 1.97. The van der Waals surface area contributed by atoms with Gasteiger partial charge in [0.05, 0.1) is 5.69 Å². The van der Waals surface area contributed by atoms with E-state index in [0.717, 1.165) is 5.52 Å². The van der Waals surface area contributed by atoms with Crippen LogP contribution in [0.3, 0.4) is 0 Å². The van der Waals surface area contributed by atoms with Crippen LogP contribution < -0.4 is 5.73 Å². The van der Waals surface area contributed by atoms with Gasteiger partial charge in [0.1, 0.15) is 11.8 Å². The average molecular weight is 202 g/mol. The second-order valence-corrected chi connectivity index (χ2v) is 4.20. The van der Waals surface area contributed by atoms with Crippen LogP contribution in [0.4, 0.5) is 5.82 Å². The molecule has 0 aliphatic heterocycles. The molecule has 0 spiro atoms. The molecule has 0 unspecified atom stereocenters. The predicted molar refractivity (Wildman–Crippen MR) is 58.6 cm³/mol. The van der Waals surface area contributed by atoms with Crippen molar-refractivity contribution in [2.24, 2.45) is 0 Å². The largest absolute Gasteiger partial charge is 0.382 e. The molecule has 1 aliphatic carbocycles. The lowest BCUT2D eigenvalue weighted by Crippen LogP contribution is -2.01. The summed E-state index contributed by atoms with van der Waals surface area (Å²) in [4.78, 5) is 4.04. The zero-order valence-corrected chi connectivity index (χ0v) is 8.56. The molecule has 4 nitrogen and oxygen atoms in total. The zero-order chi connectivity index (χ0) is 10.3. The van der Waals surface area contributed by atoms with Crippen LogP contribution in [-0.4, -0.2) is 14.6 Å². The Hall–Kier alpha value is -1.58. The lowest BCUT2D eigenvalue weighted by atomic mass is 10.0. The van der Waals surface area contributed by atoms with Gasteiger partial charge in [0.2, 0.25) is 0 Å². The smallest absolute Gasteiger partial charge is 0.151 e. The Morgan fingerprint density at radius 2 is 2.07 bits per heavy atom. The van der Waals surface area contributed by atoms with E-state index >= 15 is 0 Å². The normalized spacial score (nSPS) is 17.6. The number of anilines is 1. The van der Waals surface area contributed by atoms with Gasteiger partial charge in [-0.1, -0.05) is 12.8 Å². The van der Waals surface area contributed by atoms with E-state index in [1.165, 1.54) is 31.4 Å². The molecule has 2 N–H and O–H groups in total. The third kappa shape index (κ3) is 1.37. The summed E-state index contributed by atoms with van der Waals surface area (Å²) in [5.41, 5.74) is 7.79. The van der Waals surface area contributed by atoms with Crippen LogP contribution in [-0.2, 0) is 0 Å². The van der Waals surface area contributed by atoms with Gasteiger partial charge in [0.15, 0.2) is 5.82 Å². The van der Waals surface area contributed by atoms with Gasteiger partial charge in [-0.15, -0.1) is 0 Å². The molecule has 2 aromatic heterocycles. The number of nitrogens with two attached hydrogens (primary N) is 1. The molecule has 15 heavy (non-hydrogen) atoms. The van der Waals surface area contributed by atoms with E-state index in [4.69, 9.17) is 5.73 Å². The first-order chi connectivity index (χ1) is 7.34. The van der Waals surface area contributed by atoms with Crippen LogP contribution in [0.5, 0.6) is 0 Å². The number of aromatic nitrogens is 3. The summed E-state index contributed by atoms with van der Waals surface area (Å²) in [6.07, 6.45) is 6.88. The van der Waals surface area contributed by atoms with Crippen molar-refractivity contribution in [2.75, 3.05) is 5.73 Å². The SMILES string of the molecule is Nc1ncn2nc(C3CCCC3)ccc12. The molecule has 4 heteroatoms. The minimum atomic E-state index is 0.556. The fourth-order valence-electron chi connectivity index (χ4n) is 2.37. The van der Waals surface area contributed by atoms with Gasteiger partial charge in [-0.2, -0.15) is 5.10 Å². The molecule has 2 aromatic rings. The maximum atomic E-state index is 5.71. The number of nitrogens with zero attached hydrogens (tertiary/aromatic N) is 3. The quantitative estimate of drug-likeness (QED) is 0.769. The maximum Gasteiger partial charge on any atom is 0.151 e. The number of hydrogen-bond acceptors (Lipinski definition) is 3. The van der Waals surface area contributed by atoms with Crippen molar-refractivity contribution in [3.63, 3.8) is 0 Å². The Kier molecular flexibility index (Phi) is 1.87. The second kappa shape index (κ2) is 3.22. The van der Waals surface area contributed by atoms with Crippen LogP contribution in [0.25, 0.3) is 5.52 Å². The van der Waals surface area contributed by atoms with Crippen LogP contribution in [0, 0.1) is 0 Å². The Labute approximate surface area is 88.1 Å². The number of nitrogen functional groups attached to an aromatic ring is 1. The van der Waals surface area contributed by atoms with Gasteiger partial charge in [0, 0.05) is 5.92 Å². The zero-order valence-electron chi connectivity index (χ0n) is 8.56. The highest BCUT2D eigenvalue weighted by Gasteiger charge is 2.18. The molecule has 0 saturated heterocycles. The van der Waals surface area contributed by atoms with Crippen molar-refractivity contribution < 1.29 is 0 Å². The van der Waals surface area contributed by atoms with E-state index in [-0.39, 0.29) is 0 Å². The fraction of sp³-hybridized carbons (Fsp3) is 0.455. The summed E-state index contributed by atoms with van der Waals surface area (Å²) in [7, 11) is 0. The highest BCUT2D eigenvalue weighted by Crippen LogP contribution is 2.32. The molecular formula is C11H14N4. The second-order valence-electron chi connectivity index (χ2n) is 4.20. The maximum absolute atomic E-state index is 5.71. The summed E-state index contributed by atoms with van der Waals surface area (Å²) >= 11 is 0. The molecule has 0 atom stereocenters. The molecule has 2 heterocycles. The van der Waals surface area contributed by atoms with Gasteiger partial charge in [0.25, 0.3) is 0 Å². The van der Waals surface area contributed by atoms with Crippen molar-refractivity contribution >= 4 is 11.3 Å². The van der Waals surface area contributed by atoms with E-state index in [2.05, 4.69) is 16.1 Å². The van der Waals surface area contributed by atoms with Crippen molar-refractivity contribution in [1.29, 1.82) is 0 Å². The highest BCUT2D eigenvalue weighted by molar-refractivity contribution is 5.64. The summed E-state index contributed by atoms with van der Waals surface area (Å²) in [5, 5.41) is 4.55. The van der Waals surface area contributed by atoms with Gasteiger partial charge < -0.3 is 5.73 Å². The summed E-state index contributed by atoms with van der Waals surface area (Å²) in [6, 6.07) is 4.10. The molecule has 1 fully saturated rings. The van der Waals surface area contributed by atoms with Crippen LogP contribution in [0.15, 0.2) is 18.5 Å². The lowest BCUT2D eigenvalue weighted by Gasteiger charge is -2.07. The summed E-state index contributed by atoms with van der Waals surface area (Å²) in [6.45, 7) is 0. The molecular weight excluding hydrogens is 188 g/mol. The Morgan fingerprint density at radius 1 is 1.27 bits per heavy atom. The molecule has 78 valence electrons. The van der Waals surface area contributed by atoms with Gasteiger partial charge in [-0.3, -0.25) is 0 Å². The van der Waals surface area contributed by atoms with Gasteiger partial charge in [-0.25, -0.2) is 9.50 Å². The lowest BCUT2D eigenvalue weighted by molar-refractivity contribution is 0.671. The van der Waals surface area contributed by atoms with E-state index in [1.54, 1.807) is 10.8 Å². The van der Waals surface area contributed by atoms with Crippen molar-refractivity contribution in [3.05, 3.63) is 24.2 Å². The minimum absolute atomic E-state index is 0.556. The topological polar surface area (TPSA) is 56.2 Å². The Morgan fingerprint density at radius 3 is 2.87 bits per heavy atom. The molecule has 1 saturated carbocycles. The summed E-state index contributed by atoms with van der Waals surface area (Å²) in [5.74, 6) is 1.19. The molecule has 0 bridgehead atoms. The van der Waals surface area contributed by atoms with Crippen molar-refractivity contribution in [3.8, 4) is 0 Å². The fourth-order valence-corrected chi connectivity index (χ4v) is 2.37. The average Bonchev–Trinajstić information content (AvgIpc) is 2.88. The number of rotatable bonds is 1. The number of imidazole rings is 1. The molecule has 0 aromatic carbocycles. The van der Waals surface area contributed by atoms with E-state index in [1.807, 2.05) is 6.07 Å². The summed E-state index contributed by atoms with van der Waals surface area (Å²) < 4.78 is 1.78. The number of hydrogen-bond donors (Lipinski definition) is 1. The van der Waals surface area contributed by atoms with Crippen LogP contribution in [0.1, 0.15) is 37.3 Å². The third-order valence-electron chi connectivity index (χ3n) is 3.22. The third-order valence-corrected chi connectivity index (χ3v) is 3.22. The van der Waals surface area contributed by atoms with Gasteiger partial charge >= 0.3 is 0 Å². The minimum Gasteiger partial charge on any atom is -0.382 e. The highest BCUT2D eigenvalue weighted by atomic mass is 15.3. The standard InChI is InChI=1S/C11H14N4/c12-11-10-6-5-9(8-3-1-2-4-8)14-15(10)7-13-11/h5-8H,1-4,12H2. The van der Waals surface area contributed by atoms with E-state index in [9.17, 15) is 0 Å².